The lowest BCUT2D eigenvalue weighted by Gasteiger charge is -1.97. The van der Waals surface area contributed by atoms with E-state index in [1.165, 1.54) is 6.42 Å². The molecule has 0 saturated carbocycles. The Morgan fingerprint density at radius 1 is 1.20 bits per heavy atom. The zero-order valence-corrected chi connectivity index (χ0v) is 7.48. The summed E-state index contributed by atoms with van der Waals surface area (Å²) in [5.74, 6) is 0. The van der Waals surface area contributed by atoms with E-state index in [-0.39, 0.29) is 0 Å². The molecule has 10 heavy (non-hydrogen) atoms. The van der Waals surface area contributed by atoms with Crippen LogP contribution in [-0.2, 0) is 0 Å². The Morgan fingerprint density at radius 3 is 2.20 bits per heavy atom. The number of aliphatic hydroxyl groups is 1. The van der Waals surface area contributed by atoms with E-state index in [2.05, 4.69) is 12.2 Å². The summed E-state index contributed by atoms with van der Waals surface area (Å²) in [4.78, 5) is 0. The fourth-order valence-electron chi connectivity index (χ4n) is 0.506. The van der Waals surface area contributed by atoms with Gasteiger partial charge in [-0.25, -0.2) is 0 Å². The molecule has 0 saturated heterocycles. The molecular weight excluding hydrogens is 126 g/mol. The molecule has 0 aliphatic rings. The third-order valence-corrected chi connectivity index (χ3v) is 0.938. The molecule has 0 amide bonds. The van der Waals surface area contributed by atoms with Gasteiger partial charge in [-0.05, 0) is 25.9 Å². The fourth-order valence-corrected chi connectivity index (χ4v) is 0.506. The van der Waals surface area contributed by atoms with Crippen molar-refractivity contribution in [3.05, 3.63) is 0 Å². The van der Waals surface area contributed by atoms with Gasteiger partial charge in [-0.2, -0.15) is 0 Å². The van der Waals surface area contributed by atoms with Gasteiger partial charge < -0.3 is 10.4 Å². The minimum Gasteiger partial charge on any atom is -0.396 e. The first-order valence-electron chi connectivity index (χ1n) is 4.23. The van der Waals surface area contributed by atoms with E-state index in [1.807, 2.05) is 13.8 Å². The first-order valence-corrected chi connectivity index (χ1v) is 4.23. The molecule has 64 valence electrons. The van der Waals surface area contributed by atoms with Crippen LogP contribution < -0.4 is 5.32 Å². The Labute approximate surface area is 64.6 Å². The second kappa shape index (κ2) is 16.0. The summed E-state index contributed by atoms with van der Waals surface area (Å²) in [6.07, 6.45) is 2.05. The highest BCUT2D eigenvalue weighted by atomic mass is 16.3. The van der Waals surface area contributed by atoms with E-state index in [0.717, 1.165) is 19.5 Å². The van der Waals surface area contributed by atoms with Crippen molar-refractivity contribution in [1.29, 1.82) is 0 Å². The van der Waals surface area contributed by atoms with E-state index in [9.17, 15) is 0 Å². The van der Waals surface area contributed by atoms with Crippen LogP contribution in [-0.4, -0.2) is 24.8 Å². The number of hydrogen-bond acceptors (Lipinski definition) is 2. The number of nitrogens with one attached hydrogen (secondary N) is 1. The monoisotopic (exact) mass is 147 g/mol. The number of aliphatic hydroxyl groups excluding tert-OH is 1. The van der Waals surface area contributed by atoms with Crippen LogP contribution in [0.1, 0.15) is 33.6 Å². The second-order valence-corrected chi connectivity index (χ2v) is 1.83. The molecule has 0 aromatic heterocycles. The molecule has 0 bridgehead atoms. The summed E-state index contributed by atoms with van der Waals surface area (Å²) in [5.41, 5.74) is 0. The van der Waals surface area contributed by atoms with Crippen molar-refractivity contribution in [3.63, 3.8) is 0 Å². The minimum absolute atomic E-state index is 0.302. The molecule has 2 heteroatoms. The van der Waals surface area contributed by atoms with Gasteiger partial charge in [0.15, 0.2) is 0 Å². The van der Waals surface area contributed by atoms with Gasteiger partial charge in [-0.1, -0.05) is 20.8 Å². The van der Waals surface area contributed by atoms with E-state index < -0.39 is 0 Å². The molecule has 0 aliphatic heterocycles. The van der Waals surface area contributed by atoms with Crippen molar-refractivity contribution < 1.29 is 5.11 Å². The van der Waals surface area contributed by atoms with Crippen LogP contribution >= 0.6 is 0 Å². The topological polar surface area (TPSA) is 32.3 Å². The lowest BCUT2D eigenvalue weighted by Crippen LogP contribution is -2.16. The predicted octanol–water partition coefficient (Wildman–Crippen LogP) is 1.39. The smallest absolute Gasteiger partial charge is 0.0443 e. The van der Waals surface area contributed by atoms with Gasteiger partial charge in [0.05, 0.1) is 0 Å². The molecule has 0 radical (unpaired) electrons. The van der Waals surface area contributed by atoms with Crippen molar-refractivity contribution in [2.45, 2.75) is 33.6 Å². The third-order valence-electron chi connectivity index (χ3n) is 0.938. The van der Waals surface area contributed by atoms with Crippen molar-refractivity contribution in [2.24, 2.45) is 0 Å². The third kappa shape index (κ3) is 15.7. The first kappa shape index (κ1) is 12.6. The van der Waals surface area contributed by atoms with Gasteiger partial charge in [0.2, 0.25) is 0 Å². The van der Waals surface area contributed by atoms with Crippen molar-refractivity contribution in [3.8, 4) is 0 Å². The molecule has 2 nitrogen and oxygen atoms in total. The Kier molecular flexibility index (Phi) is 20.1. The summed E-state index contributed by atoms with van der Waals surface area (Å²) in [5, 5.41) is 11.5. The second-order valence-electron chi connectivity index (χ2n) is 1.83. The SMILES string of the molecule is CC.CCCNCCCO. The molecule has 0 heterocycles. The van der Waals surface area contributed by atoms with Crippen molar-refractivity contribution in [2.75, 3.05) is 19.7 Å². The Bertz CT molecular complexity index is 34.2. The lowest BCUT2D eigenvalue weighted by atomic mass is 10.4. The maximum Gasteiger partial charge on any atom is 0.0443 e. The lowest BCUT2D eigenvalue weighted by molar-refractivity contribution is 0.286. The first-order chi connectivity index (χ1) is 4.91. The van der Waals surface area contributed by atoms with Gasteiger partial charge in [0.1, 0.15) is 0 Å². The van der Waals surface area contributed by atoms with E-state index in [1.54, 1.807) is 0 Å². The molecule has 0 rings (SSSR count). The average Bonchev–Trinajstić information content (AvgIpc) is 2.02. The van der Waals surface area contributed by atoms with Gasteiger partial charge in [-0.15, -0.1) is 0 Å². The quantitative estimate of drug-likeness (QED) is 0.576. The minimum atomic E-state index is 0.302. The molecule has 0 spiro atoms. The van der Waals surface area contributed by atoms with Gasteiger partial charge in [0, 0.05) is 6.61 Å². The zero-order chi connectivity index (χ0) is 8.24. The standard InChI is InChI=1S/C6H15NO.C2H6/c1-2-4-7-5-3-6-8;1-2/h7-8H,2-6H2,1H3;1-2H3. The molecule has 2 N–H and O–H groups in total. The molecular formula is C8H21NO. The Balaban J connectivity index is 0. The average molecular weight is 147 g/mol. The van der Waals surface area contributed by atoms with Crippen molar-refractivity contribution in [1.82, 2.24) is 5.32 Å². The largest absolute Gasteiger partial charge is 0.396 e. The number of rotatable bonds is 5. The summed E-state index contributed by atoms with van der Waals surface area (Å²) < 4.78 is 0. The molecule has 0 fully saturated rings. The molecule has 0 unspecified atom stereocenters. The predicted molar refractivity (Wildman–Crippen MR) is 46.2 cm³/mol. The maximum absolute atomic E-state index is 8.33. The highest BCUT2D eigenvalue weighted by Gasteiger charge is 1.81. The van der Waals surface area contributed by atoms with E-state index in [0.29, 0.717) is 6.61 Å². The van der Waals surface area contributed by atoms with Crippen LogP contribution in [0.15, 0.2) is 0 Å². The highest BCUT2D eigenvalue weighted by molar-refractivity contribution is 4.43. The zero-order valence-electron chi connectivity index (χ0n) is 7.48. The summed E-state index contributed by atoms with van der Waals surface area (Å²) in [7, 11) is 0. The Morgan fingerprint density at radius 2 is 1.80 bits per heavy atom. The van der Waals surface area contributed by atoms with Gasteiger partial charge in [-0.3, -0.25) is 0 Å². The summed E-state index contributed by atoms with van der Waals surface area (Å²) >= 11 is 0. The highest BCUT2D eigenvalue weighted by Crippen LogP contribution is 1.73. The molecule has 0 aromatic carbocycles. The van der Waals surface area contributed by atoms with Crippen LogP contribution in [0.25, 0.3) is 0 Å². The molecule has 0 aromatic rings. The van der Waals surface area contributed by atoms with Crippen LogP contribution in [0.5, 0.6) is 0 Å². The normalized spacial score (nSPS) is 8.40. The molecule has 0 aliphatic carbocycles. The fraction of sp³-hybridized carbons (Fsp3) is 1.00. The van der Waals surface area contributed by atoms with Crippen LogP contribution in [0.4, 0.5) is 0 Å². The van der Waals surface area contributed by atoms with Crippen molar-refractivity contribution >= 4 is 0 Å². The summed E-state index contributed by atoms with van der Waals surface area (Å²) in [6, 6.07) is 0. The van der Waals surface area contributed by atoms with E-state index >= 15 is 0 Å². The van der Waals surface area contributed by atoms with Crippen LogP contribution in [0.2, 0.25) is 0 Å². The summed E-state index contributed by atoms with van der Waals surface area (Å²) in [6.45, 7) is 8.45. The van der Waals surface area contributed by atoms with E-state index in [4.69, 9.17) is 5.11 Å². The number of hydrogen-bond donors (Lipinski definition) is 2. The maximum atomic E-state index is 8.33. The van der Waals surface area contributed by atoms with Crippen LogP contribution in [0, 0.1) is 0 Å². The van der Waals surface area contributed by atoms with Gasteiger partial charge in [0.25, 0.3) is 0 Å². The van der Waals surface area contributed by atoms with Gasteiger partial charge >= 0.3 is 0 Å². The van der Waals surface area contributed by atoms with Crippen LogP contribution in [0.3, 0.4) is 0 Å². The molecule has 0 atom stereocenters. The Hall–Kier alpha value is -0.0800.